The van der Waals surface area contributed by atoms with Gasteiger partial charge in [0.15, 0.2) is 0 Å². The van der Waals surface area contributed by atoms with Crippen LogP contribution < -0.4 is 10.5 Å². The molecule has 6 nitrogen and oxygen atoms in total. The van der Waals surface area contributed by atoms with Crippen molar-refractivity contribution in [2.24, 2.45) is 5.14 Å². The number of hydrogen-bond donors (Lipinski definition) is 2. The molecule has 3 N–H and O–H groups in total. The molecule has 118 valence electrons. The van der Waals surface area contributed by atoms with Gasteiger partial charge in [-0.1, -0.05) is 24.0 Å². The van der Waals surface area contributed by atoms with Crippen molar-refractivity contribution in [1.29, 1.82) is 0 Å². The zero-order valence-electron chi connectivity index (χ0n) is 11.5. The maximum atomic E-state index is 11.6. The van der Waals surface area contributed by atoms with E-state index in [4.69, 9.17) is 21.8 Å². The Bertz CT molecular complexity index is 927. The first kappa shape index (κ1) is 15.9. The monoisotopic (exact) mass is 366 g/mol. The van der Waals surface area contributed by atoms with Crippen molar-refractivity contribution in [1.82, 2.24) is 5.32 Å². The first-order valence-electron chi connectivity index (χ1n) is 6.31. The molecule has 1 amide bonds. The van der Waals surface area contributed by atoms with Crippen LogP contribution in [0.5, 0.6) is 0 Å². The van der Waals surface area contributed by atoms with Gasteiger partial charge in [0.1, 0.15) is 15.8 Å². The van der Waals surface area contributed by atoms with Gasteiger partial charge in [0.25, 0.3) is 5.91 Å². The van der Waals surface area contributed by atoms with Crippen molar-refractivity contribution < 1.29 is 17.6 Å². The van der Waals surface area contributed by atoms with Crippen LogP contribution >= 0.6 is 24.0 Å². The molecular weight excluding hydrogens is 356 g/mol. The average Bonchev–Trinajstić information content (AvgIpc) is 3.06. The Labute approximate surface area is 141 Å². The normalized spacial score (nSPS) is 16.8. The molecule has 0 atom stereocenters. The van der Waals surface area contributed by atoms with Gasteiger partial charge in [-0.3, -0.25) is 4.79 Å². The third-order valence-electron chi connectivity index (χ3n) is 3.01. The Hall–Kier alpha value is -1.94. The Morgan fingerprint density at radius 2 is 1.87 bits per heavy atom. The van der Waals surface area contributed by atoms with Crippen molar-refractivity contribution in [3.8, 4) is 11.3 Å². The molecule has 0 bridgehead atoms. The molecule has 3 rings (SSSR count). The zero-order valence-corrected chi connectivity index (χ0v) is 13.9. The molecule has 2 heterocycles. The topological polar surface area (TPSA) is 102 Å². The summed E-state index contributed by atoms with van der Waals surface area (Å²) in [6.45, 7) is 0. The number of nitrogens with one attached hydrogen (secondary N) is 1. The van der Waals surface area contributed by atoms with E-state index in [-0.39, 0.29) is 10.8 Å². The van der Waals surface area contributed by atoms with Gasteiger partial charge < -0.3 is 9.73 Å². The maximum Gasteiger partial charge on any atom is 0.263 e. The van der Waals surface area contributed by atoms with E-state index >= 15 is 0 Å². The first-order valence-corrected chi connectivity index (χ1v) is 9.08. The fourth-order valence-corrected chi connectivity index (χ4v) is 3.48. The Balaban J connectivity index is 1.86. The third kappa shape index (κ3) is 3.53. The lowest BCUT2D eigenvalue weighted by molar-refractivity contribution is -0.115. The summed E-state index contributed by atoms with van der Waals surface area (Å²) in [4.78, 5) is 12.1. The van der Waals surface area contributed by atoms with Gasteiger partial charge >= 0.3 is 0 Å². The van der Waals surface area contributed by atoms with Crippen LogP contribution in [0.3, 0.4) is 0 Å². The molecular formula is C14H10N2O4S3. The van der Waals surface area contributed by atoms with Gasteiger partial charge in [0.05, 0.1) is 9.80 Å². The number of sulfonamides is 1. The highest BCUT2D eigenvalue weighted by Gasteiger charge is 2.22. The number of amides is 1. The van der Waals surface area contributed by atoms with E-state index in [1.807, 2.05) is 0 Å². The molecule has 0 saturated carbocycles. The molecule has 1 aromatic carbocycles. The molecule has 9 heteroatoms. The molecule has 1 aliphatic rings. The van der Waals surface area contributed by atoms with Crippen LogP contribution in [-0.2, 0) is 14.8 Å². The van der Waals surface area contributed by atoms with Gasteiger partial charge in [0, 0.05) is 11.6 Å². The first-order chi connectivity index (χ1) is 10.8. The molecule has 0 radical (unpaired) electrons. The molecule has 1 aromatic heterocycles. The number of benzene rings is 1. The standard InChI is InChI=1S/C14H10N2O4S3/c15-23(18,19)10-4-1-8(2-5-10)11-6-3-9(20-11)7-12-13(17)16-14(21)22-12/h1-7H,(H2,15,18,19)(H,16,17,21). The highest BCUT2D eigenvalue weighted by molar-refractivity contribution is 8.26. The summed E-state index contributed by atoms with van der Waals surface area (Å²) in [5, 5.41) is 7.58. The van der Waals surface area contributed by atoms with E-state index in [0.717, 1.165) is 0 Å². The van der Waals surface area contributed by atoms with E-state index < -0.39 is 10.0 Å². The van der Waals surface area contributed by atoms with Crippen molar-refractivity contribution in [2.45, 2.75) is 4.90 Å². The number of thiocarbonyl (C=S) groups is 1. The molecule has 1 aliphatic heterocycles. The third-order valence-corrected chi connectivity index (χ3v) is 5.10. The van der Waals surface area contributed by atoms with Crippen LogP contribution in [0.25, 0.3) is 17.4 Å². The van der Waals surface area contributed by atoms with Gasteiger partial charge in [-0.25, -0.2) is 13.6 Å². The number of primary sulfonamides is 1. The number of nitrogens with two attached hydrogens (primary N) is 1. The molecule has 0 aliphatic carbocycles. The predicted molar refractivity (Wildman–Crippen MR) is 91.8 cm³/mol. The zero-order chi connectivity index (χ0) is 16.6. The highest BCUT2D eigenvalue weighted by Crippen LogP contribution is 2.29. The molecule has 0 spiro atoms. The number of carbonyl (C=O) groups is 1. The van der Waals surface area contributed by atoms with Gasteiger partial charge in [-0.15, -0.1) is 0 Å². The minimum atomic E-state index is -3.72. The molecule has 23 heavy (non-hydrogen) atoms. The predicted octanol–water partition coefficient (Wildman–Crippen LogP) is 2.08. The summed E-state index contributed by atoms with van der Waals surface area (Å²) < 4.78 is 28.5. The van der Waals surface area contributed by atoms with Gasteiger partial charge in [-0.2, -0.15) is 0 Å². The average molecular weight is 366 g/mol. The van der Waals surface area contributed by atoms with Crippen LogP contribution in [0.15, 0.2) is 50.6 Å². The summed E-state index contributed by atoms with van der Waals surface area (Å²) in [5.74, 6) is 0.789. The summed E-state index contributed by atoms with van der Waals surface area (Å²) in [5.41, 5.74) is 0.695. The SMILES string of the molecule is NS(=O)(=O)c1ccc(-c2ccc(C=C3SC(=S)NC3=O)o2)cc1. The fourth-order valence-electron chi connectivity index (χ4n) is 1.94. The second-order valence-corrected chi connectivity index (χ2v) is 7.90. The highest BCUT2D eigenvalue weighted by atomic mass is 32.2. The quantitative estimate of drug-likeness (QED) is 0.637. The largest absolute Gasteiger partial charge is 0.457 e. The number of rotatable bonds is 3. The van der Waals surface area contributed by atoms with E-state index in [1.165, 1.54) is 23.9 Å². The van der Waals surface area contributed by atoms with Crippen LogP contribution in [0.2, 0.25) is 0 Å². The molecule has 1 fully saturated rings. The molecule has 2 aromatic rings. The molecule has 1 saturated heterocycles. The van der Waals surface area contributed by atoms with Crippen molar-refractivity contribution in [2.75, 3.05) is 0 Å². The summed E-state index contributed by atoms with van der Waals surface area (Å²) >= 11 is 6.08. The van der Waals surface area contributed by atoms with Crippen molar-refractivity contribution in [3.05, 3.63) is 47.1 Å². The maximum absolute atomic E-state index is 11.6. The van der Waals surface area contributed by atoms with E-state index in [9.17, 15) is 13.2 Å². The molecule has 0 unspecified atom stereocenters. The van der Waals surface area contributed by atoms with Crippen molar-refractivity contribution >= 4 is 50.3 Å². The second kappa shape index (κ2) is 5.93. The lowest BCUT2D eigenvalue weighted by Gasteiger charge is -2.00. The van der Waals surface area contributed by atoms with E-state index in [2.05, 4.69) is 5.32 Å². The number of carbonyl (C=O) groups excluding carboxylic acids is 1. The lowest BCUT2D eigenvalue weighted by Crippen LogP contribution is -2.17. The smallest absolute Gasteiger partial charge is 0.263 e. The minimum Gasteiger partial charge on any atom is -0.457 e. The Morgan fingerprint density at radius 3 is 2.43 bits per heavy atom. The van der Waals surface area contributed by atoms with E-state index in [1.54, 1.807) is 30.3 Å². The second-order valence-electron chi connectivity index (χ2n) is 4.62. The number of furan rings is 1. The Kier molecular flexibility index (Phi) is 4.11. The van der Waals surface area contributed by atoms with Crippen molar-refractivity contribution in [3.63, 3.8) is 0 Å². The summed E-state index contributed by atoms with van der Waals surface area (Å²) in [7, 11) is -3.72. The van der Waals surface area contributed by atoms with Gasteiger partial charge in [-0.05, 0) is 36.4 Å². The Morgan fingerprint density at radius 1 is 1.17 bits per heavy atom. The van der Waals surface area contributed by atoms with Crippen LogP contribution in [0, 0.1) is 0 Å². The van der Waals surface area contributed by atoms with Crippen LogP contribution in [0.4, 0.5) is 0 Å². The summed E-state index contributed by atoms with van der Waals surface area (Å²) in [6, 6.07) is 9.46. The number of thioether (sulfide) groups is 1. The van der Waals surface area contributed by atoms with E-state index in [0.29, 0.717) is 26.3 Å². The fraction of sp³-hybridized carbons (Fsp3) is 0. The van der Waals surface area contributed by atoms with Gasteiger partial charge in [0.2, 0.25) is 10.0 Å². The summed E-state index contributed by atoms with van der Waals surface area (Å²) in [6.07, 6.45) is 1.60. The lowest BCUT2D eigenvalue weighted by atomic mass is 10.2. The minimum absolute atomic E-state index is 0.0303. The number of hydrogen-bond acceptors (Lipinski definition) is 6. The van der Waals surface area contributed by atoms with Crippen LogP contribution in [-0.4, -0.2) is 18.6 Å². The van der Waals surface area contributed by atoms with Crippen LogP contribution in [0.1, 0.15) is 5.76 Å².